The molecule has 236 valence electrons. The Morgan fingerprint density at radius 1 is 0.667 bits per heavy atom. The van der Waals surface area contributed by atoms with Crippen LogP contribution in [0.4, 0.5) is 5.69 Å². The lowest BCUT2D eigenvalue weighted by Gasteiger charge is -2.40. The first-order valence-corrected chi connectivity index (χ1v) is 16.4. The van der Waals surface area contributed by atoms with Gasteiger partial charge in [0.2, 0.25) is 0 Å². The predicted molar refractivity (Wildman–Crippen MR) is 187 cm³/mol. The molecule has 0 radical (unpaired) electrons. The van der Waals surface area contributed by atoms with E-state index in [2.05, 4.69) is 88.0 Å². The normalized spacial score (nSPS) is 16.4. The van der Waals surface area contributed by atoms with Crippen molar-refractivity contribution in [2.75, 3.05) is 5.32 Å². The summed E-state index contributed by atoms with van der Waals surface area (Å²) in [5.74, 6) is 0.988. The van der Waals surface area contributed by atoms with Crippen molar-refractivity contribution in [2.24, 2.45) is 0 Å². The maximum Gasteiger partial charge on any atom is 0.340 e. The molecule has 8 rings (SSSR count). The highest BCUT2D eigenvalue weighted by molar-refractivity contribution is 5.97. The van der Waals surface area contributed by atoms with E-state index in [9.17, 15) is 4.79 Å². The van der Waals surface area contributed by atoms with Crippen molar-refractivity contribution in [3.63, 3.8) is 0 Å². The van der Waals surface area contributed by atoms with E-state index in [1.54, 1.807) is 0 Å². The zero-order chi connectivity index (χ0) is 32.3. The minimum atomic E-state index is -1.17. The van der Waals surface area contributed by atoms with Crippen LogP contribution in [0.15, 0.2) is 152 Å². The van der Waals surface area contributed by atoms with Gasteiger partial charge in [0.1, 0.15) is 11.5 Å². The zero-order valence-electron chi connectivity index (χ0n) is 26.5. The van der Waals surface area contributed by atoms with Gasteiger partial charge in [-0.05, 0) is 60.4 Å². The molecule has 1 aromatic heterocycles. The number of ether oxygens (including phenoxy) is 2. The summed E-state index contributed by atoms with van der Waals surface area (Å²) >= 11 is 0. The fraction of sp³-hybridized carbons (Fsp3) is 0.143. The smallest absolute Gasteiger partial charge is 0.340 e. The van der Waals surface area contributed by atoms with Crippen LogP contribution in [-0.4, -0.2) is 22.0 Å². The molecule has 0 saturated carbocycles. The molecule has 1 spiro atoms. The van der Waals surface area contributed by atoms with E-state index in [1.807, 2.05) is 79.0 Å². The molecule has 5 aromatic carbocycles. The molecule has 2 unspecified atom stereocenters. The van der Waals surface area contributed by atoms with Crippen LogP contribution in [0, 0.1) is 0 Å². The predicted octanol–water partition coefficient (Wildman–Crippen LogP) is 8.72. The molecule has 0 fully saturated rings. The Kier molecular flexibility index (Phi) is 7.92. The number of hydrogen-bond acceptors (Lipinski definition) is 6. The molecule has 2 aliphatic heterocycles. The van der Waals surface area contributed by atoms with Gasteiger partial charge in [-0.2, -0.15) is 0 Å². The highest BCUT2D eigenvalue weighted by Crippen LogP contribution is 2.58. The number of esters is 1. The minimum Gasteiger partial charge on any atom is -0.456 e. The van der Waals surface area contributed by atoms with Crippen LogP contribution in [0.25, 0.3) is 0 Å². The lowest BCUT2D eigenvalue weighted by atomic mass is 9.77. The van der Waals surface area contributed by atoms with E-state index in [0.717, 1.165) is 54.0 Å². The second-order valence-electron chi connectivity index (χ2n) is 12.3. The SMILES string of the molecule is O=C1OC2(c3ccccc3Oc3cccc(NC(CCc4ccccn4)N(Cc4ccccc4)Cc4ccccc4)c32)c2ccccc21. The highest BCUT2D eigenvalue weighted by atomic mass is 16.6. The van der Waals surface area contributed by atoms with Crippen molar-refractivity contribution < 1.29 is 14.3 Å². The maximum absolute atomic E-state index is 13.6. The molecule has 6 nitrogen and oxygen atoms in total. The molecule has 1 N–H and O–H groups in total. The van der Waals surface area contributed by atoms with Gasteiger partial charge in [-0.3, -0.25) is 9.88 Å². The molecule has 48 heavy (non-hydrogen) atoms. The summed E-state index contributed by atoms with van der Waals surface area (Å²) in [6, 6.07) is 48.8. The first kappa shape index (κ1) is 29.7. The number of anilines is 1. The molecular weight excluding hydrogens is 594 g/mol. The van der Waals surface area contributed by atoms with E-state index < -0.39 is 5.60 Å². The molecule has 6 aromatic rings. The van der Waals surface area contributed by atoms with Gasteiger partial charge in [-0.1, -0.05) is 109 Å². The molecule has 2 aliphatic rings. The van der Waals surface area contributed by atoms with Crippen molar-refractivity contribution in [2.45, 2.75) is 37.7 Å². The van der Waals surface area contributed by atoms with Gasteiger partial charge in [0.05, 0.1) is 17.3 Å². The number of aryl methyl sites for hydroxylation is 1. The van der Waals surface area contributed by atoms with Gasteiger partial charge in [-0.25, -0.2) is 4.79 Å². The van der Waals surface area contributed by atoms with Gasteiger partial charge in [0.25, 0.3) is 0 Å². The van der Waals surface area contributed by atoms with Gasteiger partial charge >= 0.3 is 5.97 Å². The molecular formula is C42H35N3O3. The number of fused-ring (bicyclic) bond motifs is 6. The van der Waals surface area contributed by atoms with Crippen LogP contribution in [0.3, 0.4) is 0 Å². The Morgan fingerprint density at radius 3 is 2.04 bits per heavy atom. The number of benzene rings is 5. The third kappa shape index (κ3) is 5.50. The van der Waals surface area contributed by atoms with Crippen molar-refractivity contribution in [1.82, 2.24) is 9.88 Å². The van der Waals surface area contributed by atoms with Crippen LogP contribution in [-0.2, 0) is 29.8 Å². The van der Waals surface area contributed by atoms with Crippen LogP contribution < -0.4 is 10.1 Å². The molecule has 0 saturated heterocycles. The molecule has 0 bridgehead atoms. The topological polar surface area (TPSA) is 63.7 Å². The zero-order valence-corrected chi connectivity index (χ0v) is 26.5. The first-order chi connectivity index (χ1) is 23.7. The first-order valence-electron chi connectivity index (χ1n) is 16.4. The fourth-order valence-electron chi connectivity index (χ4n) is 7.07. The molecule has 0 amide bonds. The summed E-state index contributed by atoms with van der Waals surface area (Å²) in [6.07, 6.45) is 3.28. The van der Waals surface area contributed by atoms with Crippen LogP contribution in [0.5, 0.6) is 11.5 Å². The van der Waals surface area contributed by atoms with E-state index in [4.69, 9.17) is 9.47 Å². The number of carbonyl (C=O) groups is 1. The largest absolute Gasteiger partial charge is 0.456 e. The van der Waals surface area contributed by atoms with Crippen LogP contribution >= 0.6 is 0 Å². The molecule has 6 heteroatoms. The summed E-state index contributed by atoms with van der Waals surface area (Å²) < 4.78 is 13.1. The minimum absolute atomic E-state index is 0.125. The maximum atomic E-state index is 13.6. The Morgan fingerprint density at radius 2 is 1.31 bits per heavy atom. The number of rotatable bonds is 10. The van der Waals surface area contributed by atoms with E-state index in [1.165, 1.54) is 11.1 Å². The van der Waals surface area contributed by atoms with Gasteiger partial charge in [0.15, 0.2) is 5.60 Å². The van der Waals surface area contributed by atoms with Gasteiger partial charge in [0, 0.05) is 41.8 Å². The quantitative estimate of drug-likeness (QED) is 0.121. The fourth-order valence-corrected chi connectivity index (χ4v) is 7.07. The third-order valence-electron chi connectivity index (χ3n) is 9.26. The summed E-state index contributed by atoms with van der Waals surface area (Å²) in [7, 11) is 0. The number of nitrogens with zero attached hydrogens (tertiary/aromatic N) is 2. The standard InChI is InChI=1S/C42H35N3O3/c46-41-33-19-7-8-20-34(33)42(48-41)35-21-9-10-23-37(35)47-38-24-13-22-36(40(38)42)44-39(26-25-32-18-11-12-27-43-32)45(28-30-14-3-1-4-15-30)29-31-16-5-2-6-17-31/h1-24,27,39,44H,25-26,28-29H2. The summed E-state index contributed by atoms with van der Waals surface area (Å²) in [6.45, 7) is 1.46. The number of hydrogen-bond donors (Lipinski definition) is 1. The number of carbonyl (C=O) groups excluding carboxylic acids is 1. The monoisotopic (exact) mass is 629 g/mol. The van der Waals surface area contributed by atoms with E-state index >= 15 is 0 Å². The van der Waals surface area contributed by atoms with Crippen molar-refractivity contribution in [3.8, 4) is 11.5 Å². The van der Waals surface area contributed by atoms with Crippen LogP contribution in [0.1, 0.15) is 50.3 Å². The summed E-state index contributed by atoms with van der Waals surface area (Å²) in [4.78, 5) is 20.7. The van der Waals surface area contributed by atoms with Crippen LogP contribution in [0.2, 0.25) is 0 Å². The van der Waals surface area contributed by atoms with E-state index in [-0.39, 0.29) is 12.1 Å². The average molecular weight is 630 g/mol. The average Bonchev–Trinajstić information content (AvgIpc) is 3.43. The number of pyridine rings is 1. The summed E-state index contributed by atoms with van der Waals surface area (Å²) in [5.41, 5.74) is 6.14. The summed E-state index contributed by atoms with van der Waals surface area (Å²) in [5, 5.41) is 3.97. The molecule has 3 heterocycles. The highest BCUT2D eigenvalue weighted by Gasteiger charge is 2.54. The van der Waals surface area contributed by atoms with E-state index in [0.29, 0.717) is 17.1 Å². The number of para-hydroxylation sites is 1. The Hall–Kier alpha value is -5.72. The Balaban J connectivity index is 1.26. The second-order valence-corrected chi connectivity index (χ2v) is 12.3. The lowest BCUT2D eigenvalue weighted by molar-refractivity contribution is 0.0226. The Labute approximate surface area is 280 Å². The van der Waals surface area contributed by atoms with Crippen molar-refractivity contribution in [3.05, 3.63) is 191 Å². The molecule has 0 aliphatic carbocycles. The van der Waals surface area contributed by atoms with Crippen molar-refractivity contribution in [1.29, 1.82) is 0 Å². The number of nitrogens with one attached hydrogen (secondary N) is 1. The van der Waals surface area contributed by atoms with Gasteiger partial charge < -0.3 is 14.8 Å². The number of aromatic nitrogens is 1. The van der Waals surface area contributed by atoms with Crippen molar-refractivity contribution >= 4 is 11.7 Å². The van der Waals surface area contributed by atoms with Gasteiger partial charge in [-0.15, -0.1) is 0 Å². The Bertz CT molecular complexity index is 2010. The molecule has 2 atom stereocenters. The second kappa shape index (κ2) is 12.8. The lowest BCUT2D eigenvalue weighted by Crippen LogP contribution is -2.42. The third-order valence-corrected chi connectivity index (χ3v) is 9.26.